The van der Waals surface area contributed by atoms with Crippen LogP contribution in [0.4, 0.5) is 0 Å². The highest BCUT2D eigenvalue weighted by Crippen LogP contribution is 2.25. The Morgan fingerprint density at radius 2 is 1.69 bits per heavy atom. The summed E-state index contributed by atoms with van der Waals surface area (Å²) in [6.07, 6.45) is 2.53. The van der Waals surface area contributed by atoms with Gasteiger partial charge < -0.3 is 10.3 Å². The molecule has 0 fully saturated rings. The fourth-order valence-electron chi connectivity index (χ4n) is 3.49. The highest BCUT2D eigenvalue weighted by Gasteiger charge is 2.23. The van der Waals surface area contributed by atoms with Gasteiger partial charge in [0, 0.05) is 29.2 Å². The molecule has 1 heterocycles. The van der Waals surface area contributed by atoms with Gasteiger partial charge in [0.25, 0.3) is 0 Å². The summed E-state index contributed by atoms with van der Waals surface area (Å²) in [6.45, 7) is 0.631. The summed E-state index contributed by atoms with van der Waals surface area (Å²) in [5, 5.41) is 5.45. The Bertz CT molecular complexity index is 1140. The van der Waals surface area contributed by atoms with Gasteiger partial charge in [-0.15, -0.1) is 0 Å². The van der Waals surface area contributed by atoms with Gasteiger partial charge >= 0.3 is 0 Å². The topological polar surface area (TPSA) is 44.9 Å². The zero-order valence-electron chi connectivity index (χ0n) is 15.7. The molecule has 0 aliphatic carbocycles. The van der Waals surface area contributed by atoms with Gasteiger partial charge in [-0.25, -0.2) is 0 Å². The van der Waals surface area contributed by atoms with Crippen molar-refractivity contribution in [1.82, 2.24) is 10.3 Å². The van der Waals surface area contributed by atoms with Gasteiger partial charge in [-0.1, -0.05) is 77.8 Å². The molecule has 0 bridgehead atoms. The monoisotopic (exact) mass is 422 g/mol. The van der Waals surface area contributed by atoms with Gasteiger partial charge in [-0.2, -0.15) is 0 Å². The SMILES string of the molecule is O=C(c1c[nH]c2ccccc12)C(NCCc1ccc(Cl)c(Cl)c1)c1ccccc1. The van der Waals surface area contributed by atoms with Gasteiger partial charge in [0.15, 0.2) is 5.78 Å². The van der Waals surface area contributed by atoms with Crippen molar-refractivity contribution in [2.75, 3.05) is 6.54 Å². The smallest absolute Gasteiger partial charge is 0.186 e. The number of para-hydroxylation sites is 1. The van der Waals surface area contributed by atoms with E-state index in [1.165, 1.54) is 0 Å². The van der Waals surface area contributed by atoms with Crippen molar-refractivity contribution in [1.29, 1.82) is 0 Å². The van der Waals surface area contributed by atoms with E-state index in [4.69, 9.17) is 23.2 Å². The molecule has 29 heavy (non-hydrogen) atoms. The number of rotatable bonds is 7. The molecule has 0 saturated heterocycles. The quantitative estimate of drug-likeness (QED) is 0.346. The average molecular weight is 423 g/mol. The van der Waals surface area contributed by atoms with Gasteiger partial charge in [-0.3, -0.25) is 4.79 Å². The van der Waals surface area contributed by atoms with E-state index in [0.29, 0.717) is 22.2 Å². The zero-order valence-corrected chi connectivity index (χ0v) is 17.2. The van der Waals surface area contributed by atoms with E-state index < -0.39 is 6.04 Å². The fraction of sp³-hybridized carbons (Fsp3) is 0.125. The Labute approximate surface area is 179 Å². The second kappa shape index (κ2) is 8.83. The van der Waals surface area contributed by atoms with Crippen LogP contribution in [0.5, 0.6) is 0 Å². The van der Waals surface area contributed by atoms with E-state index in [0.717, 1.165) is 28.5 Å². The Balaban J connectivity index is 1.57. The molecular weight excluding hydrogens is 403 g/mol. The van der Waals surface area contributed by atoms with Crippen molar-refractivity contribution in [3.05, 3.63) is 106 Å². The van der Waals surface area contributed by atoms with Crippen LogP contribution in [0.25, 0.3) is 10.9 Å². The van der Waals surface area contributed by atoms with E-state index >= 15 is 0 Å². The van der Waals surface area contributed by atoms with E-state index in [1.807, 2.05) is 66.7 Å². The largest absolute Gasteiger partial charge is 0.360 e. The minimum atomic E-state index is -0.432. The van der Waals surface area contributed by atoms with Gasteiger partial charge in [0.1, 0.15) is 0 Å². The number of benzene rings is 3. The third kappa shape index (κ3) is 4.38. The molecule has 1 aromatic heterocycles. The number of fused-ring (bicyclic) bond motifs is 1. The Morgan fingerprint density at radius 1 is 0.931 bits per heavy atom. The van der Waals surface area contributed by atoms with E-state index in [2.05, 4.69) is 10.3 Å². The molecule has 0 aliphatic heterocycles. The molecule has 1 unspecified atom stereocenters. The molecule has 0 radical (unpaired) electrons. The number of hydrogen-bond acceptors (Lipinski definition) is 2. The third-order valence-corrected chi connectivity index (χ3v) is 5.73. The molecule has 0 aliphatic rings. The lowest BCUT2D eigenvalue weighted by Crippen LogP contribution is -2.30. The first-order valence-electron chi connectivity index (χ1n) is 9.46. The Kier molecular flexibility index (Phi) is 6.00. The maximum absolute atomic E-state index is 13.4. The number of H-pyrrole nitrogens is 1. The van der Waals surface area contributed by atoms with Gasteiger partial charge in [0.2, 0.25) is 0 Å². The number of ketones is 1. The average Bonchev–Trinajstić information content (AvgIpc) is 3.18. The molecule has 1 atom stereocenters. The number of aromatic nitrogens is 1. The number of Topliss-reactive ketones (excluding diaryl/α,β-unsaturated/α-hetero) is 1. The van der Waals surface area contributed by atoms with Crippen molar-refractivity contribution >= 4 is 39.9 Å². The number of aromatic amines is 1. The van der Waals surface area contributed by atoms with Gasteiger partial charge in [0.05, 0.1) is 16.1 Å². The minimum absolute atomic E-state index is 0.0442. The van der Waals surface area contributed by atoms with Gasteiger partial charge in [-0.05, 0) is 35.7 Å². The molecule has 3 aromatic carbocycles. The molecule has 0 spiro atoms. The zero-order chi connectivity index (χ0) is 20.2. The fourth-order valence-corrected chi connectivity index (χ4v) is 3.81. The predicted molar refractivity (Wildman–Crippen MR) is 120 cm³/mol. The van der Waals surface area contributed by atoms with Crippen LogP contribution < -0.4 is 5.32 Å². The normalized spacial score (nSPS) is 12.2. The summed E-state index contributed by atoms with van der Waals surface area (Å²) >= 11 is 12.1. The molecule has 0 amide bonds. The predicted octanol–water partition coefficient (Wildman–Crippen LogP) is 6.23. The van der Waals surface area contributed by atoms with Crippen LogP contribution in [-0.4, -0.2) is 17.3 Å². The summed E-state index contributed by atoms with van der Waals surface area (Å²) in [6, 6.07) is 22.8. The third-order valence-electron chi connectivity index (χ3n) is 5.00. The maximum Gasteiger partial charge on any atom is 0.186 e. The minimum Gasteiger partial charge on any atom is -0.360 e. The van der Waals surface area contributed by atoms with E-state index in [1.54, 1.807) is 12.3 Å². The first-order valence-corrected chi connectivity index (χ1v) is 10.2. The second-order valence-corrected chi connectivity index (χ2v) is 7.72. The molecule has 0 saturated carbocycles. The van der Waals surface area contributed by atoms with Crippen LogP contribution in [0, 0.1) is 0 Å². The number of carbonyl (C=O) groups excluding carboxylic acids is 1. The van der Waals surface area contributed by atoms with Crippen LogP contribution >= 0.6 is 23.2 Å². The molecule has 4 aromatic rings. The van der Waals surface area contributed by atoms with Crippen LogP contribution in [0.1, 0.15) is 27.5 Å². The summed E-state index contributed by atoms with van der Waals surface area (Å²) in [4.78, 5) is 16.6. The van der Waals surface area contributed by atoms with Crippen molar-refractivity contribution in [3.63, 3.8) is 0 Å². The number of carbonyl (C=O) groups is 1. The molecule has 146 valence electrons. The number of halogens is 2. The molecule has 4 rings (SSSR count). The maximum atomic E-state index is 13.4. The van der Waals surface area contributed by atoms with Crippen LogP contribution in [0.15, 0.2) is 79.0 Å². The van der Waals surface area contributed by atoms with Crippen molar-refractivity contribution in [2.45, 2.75) is 12.5 Å². The van der Waals surface area contributed by atoms with Crippen LogP contribution in [0.2, 0.25) is 10.0 Å². The van der Waals surface area contributed by atoms with Crippen LogP contribution in [-0.2, 0) is 6.42 Å². The lowest BCUT2D eigenvalue weighted by atomic mass is 9.96. The van der Waals surface area contributed by atoms with E-state index in [-0.39, 0.29) is 5.78 Å². The summed E-state index contributed by atoms with van der Waals surface area (Å²) in [7, 11) is 0. The lowest BCUT2D eigenvalue weighted by Gasteiger charge is -2.18. The molecular formula is C24H20Cl2N2O. The van der Waals surface area contributed by atoms with Crippen molar-refractivity contribution in [2.24, 2.45) is 0 Å². The van der Waals surface area contributed by atoms with Crippen molar-refractivity contribution < 1.29 is 4.79 Å². The van der Waals surface area contributed by atoms with E-state index in [9.17, 15) is 4.79 Å². The number of nitrogens with one attached hydrogen (secondary N) is 2. The second-order valence-electron chi connectivity index (χ2n) is 6.91. The first kappa shape index (κ1) is 19.7. The summed E-state index contributed by atoms with van der Waals surface area (Å²) in [5.74, 6) is 0.0442. The molecule has 3 nitrogen and oxygen atoms in total. The summed E-state index contributed by atoms with van der Waals surface area (Å²) in [5.41, 5.74) is 3.66. The molecule has 2 N–H and O–H groups in total. The molecule has 5 heteroatoms. The Hall–Kier alpha value is -2.59. The highest BCUT2D eigenvalue weighted by atomic mass is 35.5. The van der Waals surface area contributed by atoms with Crippen molar-refractivity contribution in [3.8, 4) is 0 Å². The first-order chi connectivity index (χ1) is 14.1. The Morgan fingerprint density at radius 3 is 2.48 bits per heavy atom. The highest BCUT2D eigenvalue weighted by molar-refractivity contribution is 6.42. The van der Waals surface area contributed by atoms with Crippen LogP contribution in [0.3, 0.4) is 0 Å². The number of hydrogen-bond donors (Lipinski definition) is 2. The lowest BCUT2D eigenvalue weighted by molar-refractivity contribution is 0.0945. The summed E-state index contributed by atoms with van der Waals surface area (Å²) < 4.78 is 0. The standard InChI is InChI=1S/C24H20Cl2N2O/c25-20-11-10-16(14-21(20)26)12-13-27-23(17-6-2-1-3-7-17)24(29)19-15-28-22-9-5-4-8-18(19)22/h1-11,14-15,23,27-28H,12-13H2.